The van der Waals surface area contributed by atoms with Crippen LogP contribution in [-0.4, -0.2) is 39.1 Å². The van der Waals surface area contributed by atoms with Crippen molar-refractivity contribution < 1.29 is 8.42 Å². The van der Waals surface area contributed by atoms with E-state index >= 15 is 0 Å². The van der Waals surface area contributed by atoms with Gasteiger partial charge in [-0.1, -0.05) is 11.6 Å². The van der Waals surface area contributed by atoms with Crippen molar-refractivity contribution in [3.63, 3.8) is 0 Å². The number of piperazine rings is 1. The van der Waals surface area contributed by atoms with E-state index in [1.165, 1.54) is 18.3 Å². The number of anilines is 1. The van der Waals surface area contributed by atoms with Crippen LogP contribution >= 0.6 is 11.6 Å². The van der Waals surface area contributed by atoms with Gasteiger partial charge in [0.05, 0.1) is 15.3 Å². The first-order valence-electron chi connectivity index (χ1n) is 8.82. The van der Waals surface area contributed by atoms with Gasteiger partial charge >= 0.3 is 0 Å². The van der Waals surface area contributed by atoms with Crippen LogP contribution in [0.25, 0.3) is 10.9 Å². The van der Waals surface area contributed by atoms with Crippen LogP contribution in [0.4, 0.5) is 5.69 Å². The Kier molecular flexibility index (Phi) is 4.80. The van der Waals surface area contributed by atoms with E-state index < -0.39 is 9.84 Å². The minimum absolute atomic E-state index is 0.183. The second-order valence-corrected chi connectivity index (χ2v) is 9.19. The zero-order chi connectivity index (χ0) is 19.0. The van der Waals surface area contributed by atoms with Gasteiger partial charge in [0.2, 0.25) is 9.84 Å². The number of rotatable bonds is 3. The molecule has 1 saturated heterocycles. The number of benzene rings is 2. The van der Waals surface area contributed by atoms with Crippen LogP contribution in [0.3, 0.4) is 0 Å². The highest BCUT2D eigenvalue weighted by Gasteiger charge is 2.20. The van der Waals surface area contributed by atoms with Gasteiger partial charge < -0.3 is 10.2 Å². The first-order valence-corrected chi connectivity index (χ1v) is 10.7. The second kappa shape index (κ2) is 7.11. The Morgan fingerprint density at radius 2 is 1.89 bits per heavy atom. The molecular weight excluding hydrogens is 382 g/mol. The number of pyridine rings is 1. The number of aromatic nitrogens is 1. The molecule has 0 amide bonds. The largest absolute Gasteiger partial charge is 0.369 e. The second-order valence-electron chi connectivity index (χ2n) is 6.81. The molecule has 7 heteroatoms. The van der Waals surface area contributed by atoms with Gasteiger partial charge in [-0.25, -0.2) is 8.42 Å². The Balaban J connectivity index is 1.73. The van der Waals surface area contributed by atoms with Gasteiger partial charge in [0.1, 0.15) is 0 Å². The van der Waals surface area contributed by atoms with Crippen LogP contribution in [0.5, 0.6) is 0 Å². The normalized spacial score (nSPS) is 18.0. The van der Waals surface area contributed by atoms with Gasteiger partial charge in [-0.3, -0.25) is 4.98 Å². The standard InChI is InChI=1S/C20H20ClN3O2S/c1-14-13-24(9-8-22-14)17-4-7-20-15(10-17)11-19(12-23-20)27(25,26)18-5-2-16(21)3-6-18/h2-7,10-12,14,22H,8-9,13H2,1H3/t14-/m0/s1. The first kappa shape index (κ1) is 18.2. The number of sulfone groups is 1. The average Bonchev–Trinajstić information content (AvgIpc) is 2.67. The zero-order valence-corrected chi connectivity index (χ0v) is 16.5. The molecule has 5 nitrogen and oxygen atoms in total. The number of hydrogen-bond donors (Lipinski definition) is 1. The molecule has 1 N–H and O–H groups in total. The summed E-state index contributed by atoms with van der Waals surface area (Å²) in [5.41, 5.74) is 1.86. The van der Waals surface area contributed by atoms with Crippen molar-refractivity contribution in [1.29, 1.82) is 0 Å². The van der Waals surface area contributed by atoms with Crippen LogP contribution in [-0.2, 0) is 9.84 Å². The molecule has 0 aliphatic carbocycles. The van der Waals surface area contributed by atoms with Gasteiger partial charge in [0.15, 0.2) is 0 Å². The number of halogens is 1. The molecule has 2 aromatic carbocycles. The predicted molar refractivity (Wildman–Crippen MR) is 108 cm³/mol. The molecule has 2 heterocycles. The summed E-state index contributed by atoms with van der Waals surface area (Å²) in [6.07, 6.45) is 1.42. The van der Waals surface area contributed by atoms with Crippen LogP contribution in [0.15, 0.2) is 64.5 Å². The number of hydrogen-bond acceptors (Lipinski definition) is 5. The average molecular weight is 402 g/mol. The summed E-state index contributed by atoms with van der Waals surface area (Å²) in [6, 6.07) is 14.3. The van der Waals surface area contributed by atoms with E-state index in [4.69, 9.17) is 11.6 Å². The van der Waals surface area contributed by atoms with Crippen molar-refractivity contribution in [3.8, 4) is 0 Å². The lowest BCUT2D eigenvalue weighted by Crippen LogP contribution is -2.49. The van der Waals surface area contributed by atoms with Gasteiger partial charge in [-0.15, -0.1) is 0 Å². The Bertz CT molecular complexity index is 1080. The molecule has 1 fully saturated rings. The molecular formula is C20H20ClN3O2S. The van der Waals surface area contributed by atoms with E-state index in [9.17, 15) is 8.42 Å². The molecule has 1 atom stereocenters. The highest BCUT2D eigenvalue weighted by Crippen LogP contribution is 2.27. The maximum atomic E-state index is 12.9. The molecule has 27 heavy (non-hydrogen) atoms. The Labute approximate surface area is 163 Å². The van der Waals surface area contributed by atoms with Gasteiger partial charge in [-0.05, 0) is 55.5 Å². The molecule has 3 aromatic rings. The van der Waals surface area contributed by atoms with Crippen molar-refractivity contribution in [2.75, 3.05) is 24.5 Å². The lowest BCUT2D eigenvalue weighted by molar-refractivity contribution is 0.485. The monoisotopic (exact) mass is 401 g/mol. The molecule has 0 bridgehead atoms. The fraction of sp³-hybridized carbons (Fsp3) is 0.250. The fourth-order valence-electron chi connectivity index (χ4n) is 3.36. The van der Waals surface area contributed by atoms with Crippen LogP contribution in [0, 0.1) is 0 Å². The third kappa shape index (κ3) is 3.65. The van der Waals surface area contributed by atoms with Crippen LogP contribution < -0.4 is 10.2 Å². The van der Waals surface area contributed by atoms with E-state index in [-0.39, 0.29) is 9.79 Å². The van der Waals surface area contributed by atoms with Crippen LogP contribution in [0.1, 0.15) is 6.92 Å². The summed E-state index contributed by atoms with van der Waals surface area (Å²) in [4.78, 5) is 7.05. The SMILES string of the molecule is C[C@H]1CN(c2ccc3ncc(S(=O)(=O)c4ccc(Cl)cc4)cc3c2)CCN1. The third-order valence-electron chi connectivity index (χ3n) is 4.81. The Morgan fingerprint density at radius 1 is 1.11 bits per heavy atom. The summed E-state index contributed by atoms with van der Waals surface area (Å²) < 4.78 is 25.8. The highest BCUT2D eigenvalue weighted by atomic mass is 35.5. The molecule has 140 valence electrons. The molecule has 1 aliphatic rings. The lowest BCUT2D eigenvalue weighted by Gasteiger charge is -2.33. The minimum atomic E-state index is -3.64. The van der Waals surface area contributed by atoms with E-state index in [1.807, 2.05) is 18.2 Å². The van der Waals surface area contributed by atoms with Gasteiger partial charge in [-0.2, -0.15) is 0 Å². The highest BCUT2D eigenvalue weighted by molar-refractivity contribution is 7.91. The first-order chi connectivity index (χ1) is 12.9. The Morgan fingerprint density at radius 3 is 2.63 bits per heavy atom. The van der Waals surface area contributed by atoms with Gasteiger partial charge in [0.25, 0.3) is 0 Å². The van der Waals surface area contributed by atoms with Crippen molar-refractivity contribution in [2.45, 2.75) is 22.8 Å². The smallest absolute Gasteiger partial charge is 0.208 e. The summed E-state index contributed by atoms with van der Waals surface area (Å²) in [7, 11) is -3.64. The summed E-state index contributed by atoms with van der Waals surface area (Å²) in [5, 5.41) is 4.74. The van der Waals surface area contributed by atoms with Crippen molar-refractivity contribution in [3.05, 3.63) is 59.8 Å². The molecule has 1 aromatic heterocycles. The number of nitrogens with zero attached hydrogens (tertiary/aromatic N) is 2. The molecule has 0 unspecified atom stereocenters. The van der Waals surface area contributed by atoms with E-state index in [0.29, 0.717) is 11.1 Å². The topological polar surface area (TPSA) is 62.3 Å². The summed E-state index contributed by atoms with van der Waals surface area (Å²) >= 11 is 5.87. The summed E-state index contributed by atoms with van der Waals surface area (Å²) in [6.45, 7) is 4.93. The molecule has 0 saturated carbocycles. The van der Waals surface area contributed by atoms with Crippen molar-refractivity contribution >= 4 is 38.0 Å². The summed E-state index contributed by atoms with van der Waals surface area (Å²) in [5.74, 6) is 0. The van der Waals surface area contributed by atoms with E-state index in [1.54, 1.807) is 18.2 Å². The molecule has 1 aliphatic heterocycles. The maximum Gasteiger partial charge on any atom is 0.208 e. The quantitative estimate of drug-likeness (QED) is 0.727. The van der Waals surface area contributed by atoms with E-state index in [2.05, 4.69) is 22.1 Å². The third-order valence-corrected chi connectivity index (χ3v) is 6.80. The number of fused-ring (bicyclic) bond motifs is 1. The molecule has 0 spiro atoms. The fourth-order valence-corrected chi connectivity index (χ4v) is 4.73. The van der Waals surface area contributed by atoms with Crippen molar-refractivity contribution in [1.82, 2.24) is 10.3 Å². The number of nitrogens with one attached hydrogen (secondary N) is 1. The lowest BCUT2D eigenvalue weighted by atomic mass is 10.1. The maximum absolute atomic E-state index is 12.9. The van der Waals surface area contributed by atoms with Crippen molar-refractivity contribution in [2.24, 2.45) is 0 Å². The molecule has 4 rings (SSSR count). The van der Waals surface area contributed by atoms with Gasteiger partial charge in [0, 0.05) is 48.0 Å². The van der Waals surface area contributed by atoms with Crippen LogP contribution in [0.2, 0.25) is 5.02 Å². The zero-order valence-electron chi connectivity index (χ0n) is 14.9. The minimum Gasteiger partial charge on any atom is -0.369 e. The Hall–Kier alpha value is -2.15. The molecule has 0 radical (unpaired) electrons. The van der Waals surface area contributed by atoms with E-state index in [0.717, 1.165) is 36.2 Å². The predicted octanol–water partition coefficient (Wildman–Crippen LogP) is 3.52.